The molecule has 0 unspecified atom stereocenters. The average molecular weight is 246 g/mol. The number of benzene rings is 1. The largest absolute Gasteiger partial charge is 0.292 e. The molecule has 1 amide bonds. The van der Waals surface area contributed by atoms with Crippen LogP contribution < -0.4 is 10.9 Å². The molecule has 0 spiro atoms. The van der Waals surface area contributed by atoms with Crippen LogP contribution in [0.1, 0.15) is 49.1 Å². The van der Waals surface area contributed by atoms with Crippen molar-refractivity contribution in [2.24, 2.45) is 0 Å². The lowest BCUT2D eigenvalue weighted by atomic mass is 9.84. The third-order valence-corrected chi connectivity index (χ3v) is 3.69. The molecular weight excluding hydrogens is 224 g/mol. The molecule has 3 nitrogen and oxygen atoms in total. The van der Waals surface area contributed by atoms with Gasteiger partial charge in [0.15, 0.2) is 0 Å². The van der Waals surface area contributed by atoms with Crippen LogP contribution in [0, 0.1) is 0 Å². The molecule has 1 saturated carbocycles. The Morgan fingerprint density at radius 2 is 1.83 bits per heavy atom. The minimum absolute atomic E-state index is 0.00270. The predicted octanol–water partition coefficient (Wildman–Crippen LogP) is 2.53. The molecule has 2 N–H and O–H groups in total. The van der Waals surface area contributed by atoms with Gasteiger partial charge in [-0.05, 0) is 29.9 Å². The summed E-state index contributed by atoms with van der Waals surface area (Å²) in [5, 5.41) is 0. The van der Waals surface area contributed by atoms with Crippen LogP contribution in [0.2, 0.25) is 0 Å². The molecule has 98 valence electrons. The van der Waals surface area contributed by atoms with Gasteiger partial charge in [0.05, 0.1) is 6.42 Å². The first-order valence-corrected chi connectivity index (χ1v) is 6.84. The zero-order valence-corrected chi connectivity index (χ0v) is 11.0. The Bertz CT molecular complexity index is 380. The van der Waals surface area contributed by atoms with Gasteiger partial charge in [0.25, 0.3) is 0 Å². The number of hydrogen-bond acceptors (Lipinski definition) is 2. The van der Waals surface area contributed by atoms with Gasteiger partial charge in [-0.3, -0.25) is 10.2 Å². The SMILES string of the molecule is CNNC(=O)Cc1ccc(C2CCCCC2)cc1. The summed E-state index contributed by atoms with van der Waals surface area (Å²) >= 11 is 0. The van der Waals surface area contributed by atoms with E-state index in [9.17, 15) is 4.79 Å². The Morgan fingerprint density at radius 3 is 2.44 bits per heavy atom. The lowest BCUT2D eigenvalue weighted by Gasteiger charge is -2.22. The van der Waals surface area contributed by atoms with Crippen molar-refractivity contribution < 1.29 is 4.79 Å². The average Bonchev–Trinajstić information content (AvgIpc) is 2.41. The van der Waals surface area contributed by atoms with Crippen LogP contribution in [0.5, 0.6) is 0 Å². The summed E-state index contributed by atoms with van der Waals surface area (Å²) in [6, 6.07) is 8.55. The topological polar surface area (TPSA) is 41.1 Å². The zero-order chi connectivity index (χ0) is 12.8. The molecule has 0 bridgehead atoms. The van der Waals surface area contributed by atoms with Crippen molar-refractivity contribution in [1.82, 2.24) is 10.9 Å². The van der Waals surface area contributed by atoms with E-state index in [-0.39, 0.29) is 5.91 Å². The summed E-state index contributed by atoms with van der Waals surface area (Å²) in [6.45, 7) is 0. The van der Waals surface area contributed by atoms with Crippen LogP contribution >= 0.6 is 0 Å². The Morgan fingerprint density at radius 1 is 1.17 bits per heavy atom. The van der Waals surface area contributed by atoms with Crippen LogP contribution in [-0.2, 0) is 11.2 Å². The molecule has 1 aromatic rings. The van der Waals surface area contributed by atoms with Crippen molar-refractivity contribution in [2.75, 3.05) is 7.05 Å². The smallest absolute Gasteiger partial charge is 0.238 e. The molecule has 1 fully saturated rings. The molecule has 1 aliphatic carbocycles. The van der Waals surface area contributed by atoms with Crippen LogP contribution in [0.25, 0.3) is 0 Å². The Balaban J connectivity index is 1.94. The molecule has 18 heavy (non-hydrogen) atoms. The Labute approximate surface area is 109 Å². The Hall–Kier alpha value is -1.35. The highest BCUT2D eigenvalue weighted by molar-refractivity contribution is 5.78. The van der Waals surface area contributed by atoms with Gasteiger partial charge in [-0.25, -0.2) is 5.43 Å². The van der Waals surface area contributed by atoms with E-state index in [2.05, 4.69) is 35.1 Å². The minimum Gasteiger partial charge on any atom is -0.292 e. The van der Waals surface area contributed by atoms with Crippen LogP contribution in [0.4, 0.5) is 0 Å². The standard InChI is InChI=1S/C15H22N2O/c1-16-17-15(18)11-12-7-9-14(10-8-12)13-5-3-2-4-6-13/h7-10,13,16H,2-6,11H2,1H3,(H,17,18). The number of carbonyl (C=O) groups excluding carboxylic acids is 1. The molecule has 0 heterocycles. The highest BCUT2D eigenvalue weighted by Gasteiger charge is 2.15. The van der Waals surface area contributed by atoms with E-state index in [1.165, 1.54) is 37.7 Å². The van der Waals surface area contributed by atoms with Gasteiger partial charge in [0.1, 0.15) is 0 Å². The number of hydrogen-bond donors (Lipinski definition) is 2. The third kappa shape index (κ3) is 3.57. The number of hydrazine groups is 1. The van der Waals surface area contributed by atoms with E-state index in [1.54, 1.807) is 7.05 Å². The van der Waals surface area contributed by atoms with Crippen molar-refractivity contribution in [3.05, 3.63) is 35.4 Å². The van der Waals surface area contributed by atoms with Crippen molar-refractivity contribution in [2.45, 2.75) is 44.4 Å². The van der Waals surface area contributed by atoms with Gasteiger partial charge < -0.3 is 0 Å². The molecule has 2 rings (SSSR count). The summed E-state index contributed by atoms with van der Waals surface area (Å²) in [5.74, 6) is 0.738. The summed E-state index contributed by atoms with van der Waals surface area (Å²) in [5.41, 5.74) is 7.74. The van der Waals surface area contributed by atoms with Crippen LogP contribution in [0.15, 0.2) is 24.3 Å². The van der Waals surface area contributed by atoms with Crippen LogP contribution in [0.3, 0.4) is 0 Å². The molecule has 1 aliphatic rings. The van der Waals surface area contributed by atoms with E-state index in [4.69, 9.17) is 0 Å². The fraction of sp³-hybridized carbons (Fsp3) is 0.533. The maximum Gasteiger partial charge on any atom is 0.238 e. The van der Waals surface area contributed by atoms with Gasteiger partial charge in [-0.2, -0.15) is 0 Å². The van der Waals surface area contributed by atoms with E-state index in [0.717, 1.165) is 11.5 Å². The monoisotopic (exact) mass is 246 g/mol. The van der Waals surface area contributed by atoms with Crippen molar-refractivity contribution in [3.8, 4) is 0 Å². The number of rotatable bonds is 4. The Kier molecular flexibility index (Phi) is 4.76. The van der Waals surface area contributed by atoms with E-state index < -0.39 is 0 Å². The number of nitrogens with one attached hydrogen (secondary N) is 2. The van der Waals surface area contributed by atoms with E-state index >= 15 is 0 Å². The molecule has 0 saturated heterocycles. The first-order chi connectivity index (χ1) is 8.79. The highest BCUT2D eigenvalue weighted by Crippen LogP contribution is 2.32. The fourth-order valence-corrected chi connectivity index (χ4v) is 2.71. The second-order valence-corrected chi connectivity index (χ2v) is 5.05. The lowest BCUT2D eigenvalue weighted by Crippen LogP contribution is -2.35. The quantitative estimate of drug-likeness (QED) is 0.802. The summed E-state index contributed by atoms with van der Waals surface area (Å²) in [7, 11) is 1.70. The zero-order valence-electron chi connectivity index (χ0n) is 11.0. The maximum absolute atomic E-state index is 11.4. The first kappa shape index (κ1) is 13.1. The molecular formula is C15H22N2O. The molecule has 1 aromatic carbocycles. The summed E-state index contributed by atoms with van der Waals surface area (Å²) in [6.07, 6.45) is 7.18. The molecule has 0 radical (unpaired) electrons. The number of amides is 1. The van der Waals surface area contributed by atoms with Crippen molar-refractivity contribution in [1.29, 1.82) is 0 Å². The minimum atomic E-state index is 0.00270. The fourth-order valence-electron chi connectivity index (χ4n) is 2.71. The van der Waals surface area contributed by atoms with E-state index in [1.807, 2.05) is 0 Å². The second kappa shape index (κ2) is 6.55. The normalized spacial score (nSPS) is 16.5. The molecule has 3 heteroatoms. The van der Waals surface area contributed by atoms with Gasteiger partial charge in [0.2, 0.25) is 5.91 Å². The molecule has 0 aromatic heterocycles. The van der Waals surface area contributed by atoms with Gasteiger partial charge >= 0.3 is 0 Å². The van der Waals surface area contributed by atoms with Gasteiger partial charge in [-0.15, -0.1) is 0 Å². The molecule has 0 atom stereocenters. The summed E-state index contributed by atoms with van der Waals surface area (Å²) in [4.78, 5) is 11.4. The molecule has 0 aliphatic heterocycles. The second-order valence-electron chi connectivity index (χ2n) is 5.05. The third-order valence-electron chi connectivity index (χ3n) is 3.69. The summed E-state index contributed by atoms with van der Waals surface area (Å²) < 4.78 is 0. The number of carbonyl (C=O) groups is 1. The predicted molar refractivity (Wildman–Crippen MR) is 73.2 cm³/mol. The maximum atomic E-state index is 11.4. The van der Waals surface area contributed by atoms with E-state index in [0.29, 0.717) is 6.42 Å². The van der Waals surface area contributed by atoms with Crippen molar-refractivity contribution in [3.63, 3.8) is 0 Å². The highest BCUT2D eigenvalue weighted by atomic mass is 16.2. The van der Waals surface area contributed by atoms with Gasteiger partial charge in [0, 0.05) is 7.05 Å². The van der Waals surface area contributed by atoms with Crippen LogP contribution in [-0.4, -0.2) is 13.0 Å². The lowest BCUT2D eigenvalue weighted by molar-refractivity contribution is -0.121. The van der Waals surface area contributed by atoms with Crippen molar-refractivity contribution >= 4 is 5.91 Å². The first-order valence-electron chi connectivity index (χ1n) is 6.84. The van der Waals surface area contributed by atoms with Gasteiger partial charge in [-0.1, -0.05) is 43.5 Å².